The maximum Gasteiger partial charge on any atom is 0.0692 e. The fourth-order valence-electron chi connectivity index (χ4n) is 1.76. The molecule has 0 amide bonds. The van der Waals surface area contributed by atoms with Crippen molar-refractivity contribution in [3.05, 3.63) is 12.4 Å². The summed E-state index contributed by atoms with van der Waals surface area (Å²) >= 11 is 0. The Morgan fingerprint density at radius 3 is 3.00 bits per heavy atom. The molecule has 1 aliphatic heterocycles. The van der Waals surface area contributed by atoms with E-state index in [4.69, 9.17) is 0 Å². The Hall–Kier alpha value is -0.940. The highest BCUT2D eigenvalue weighted by atomic mass is 15.4. The van der Waals surface area contributed by atoms with Crippen LogP contribution in [0.25, 0.3) is 0 Å². The summed E-state index contributed by atoms with van der Waals surface area (Å²) in [6.07, 6.45) is 6.07. The van der Waals surface area contributed by atoms with Crippen LogP contribution >= 0.6 is 0 Å². The number of nitrogens with zero attached hydrogens (tertiary/aromatic N) is 3. The standard InChI is InChI=1S/C9H17N5/c1-3-10-4-2-9(1)11-5-7-14-8-6-12-13-14/h6,8-11H,1-5,7H2. The molecule has 78 valence electrons. The molecule has 0 spiro atoms. The largest absolute Gasteiger partial charge is 0.317 e. The van der Waals surface area contributed by atoms with Gasteiger partial charge in [-0.05, 0) is 25.9 Å². The SMILES string of the molecule is c1cn(CCNC2CCNCC2)nn1. The van der Waals surface area contributed by atoms with Crippen molar-refractivity contribution in [1.29, 1.82) is 0 Å². The molecule has 0 unspecified atom stereocenters. The molecule has 0 saturated carbocycles. The summed E-state index contributed by atoms with van der Waals surface area (Å²) in [6, 6.07) is 0.680. The Morgan fingerprint density at radius 2 is 2.29 bits per heavy atom. The van der Waals surface area contributed by atoms with Crippen molar-refractivity contribution in [2.24, 2.45) is 0 Å². The molecule has 14 heavy (non-hydrogen) atoms. The van der Waals surface area contributed by atoms with Gasteiger partial charge in [0.1, 0.15) is 0 Å². The molecule has 1 saturated heterocycles. The van der Waals surface area contributed by atoms with Crippen molar-refractivity contribution in [3.63, 3.8) is 0 Å². The van der Waals surface area contributed by atoms with Crippen molar-refractivity contribution >= 4 is 0 Å². The fraction of sp³-hybridized carbons (Fsp3) is 0.778. The third-order valence-electron chi connectivity index (χ3n) is 2.59. The van der Waals surface area contributed by atoms with Crippen LogP contribution in [0.1, 0.15) is 12.8 Å². The van der Waals surface area contributed by atoms with Gasteiger partial charge in [-0.25, -0.2) is 0 Å². The highest BCUT2D eigenvalue weighted by molar-refractivity contribution is 4.74. The van der Waals surface area contributed by atoms with Gasteiger partial charge in [0.25, 0.3) is 0 Å². The van der Waals surface area contributed by atoms with E-state index >= 15 is 0 Å². The first-order valence-corrected chi connectivity index (χ1v) is 5.23. The van der Waals surface area contributed by atoms with E-state index in [1.165, 1.54) is 12.8 Å². The van der Waals surface area contributed by atoms with Gasteiger partial charge < -0.3 is 10.6 Å². The van der Waals surface area contributed by atoms with Crippen LogP contribution in [0.2, 0.25) is 0 Å². The van der Waals surface area contributed by atoms with E-state index in [9.17, 15) is 0 Å². The number of rotatable bonds is 4. The zero-order valence-corrected chi connectivity index (χ0v) is 8.32. The summed E-state index contributed by atoms with van der Waals surface area (Å²) in [5, 5.41) is 14.6. The van der Waals surface area contributed by atoms with Gasteiger partial charge in [-0.15, -0.1) is 5.10 Å². The molecule has 1 aromatic heterocycles. The molecular formula is C9H17N5. The average molecular weight is 195 g/mol. The van der Waals surface area contributed by atoms with Crippen LogP contribution < -0.4 is 10.6 Å². The Balaban J connectivity index is 1.62. The van der Waals surface area contributed by atoms with Gasteiger partial charge in [-0.2, -0.15) is 0 Å². The summed E-state index contributed by atoms with van der Waals surface area (Å²) in [6.45, 7) is 4.17. The molecule has 2 rings (SSSR count). The topological polar surface area (TPSA) is 54.8 Å². The average Bonchev–Trinajstić information content (AvgIpc) is 2.72. The highest BCUT2D eigenvalue weighted by Crippen LogP contribution is 2.00. The predicted octanol–water partition coefficient (Wildman–Crippen LogP) is -0.380. The van der Waals surface area contributed by atoms with Gasteiger partial charge in [-0.1, -0.05) is 5.21 Å². The molecule has 0 aromatic carbocycles. The third kappa shape index (κ3) is 2.78. The Labute approximate surface area is 83.9 Å². The molecule has 0 bridgehead atoms. The number of hydrogen-bond donors (Lipinski definition) is 2. The Morgan fingerprint density at radius 1 is 1.43 bits per heavy atom. The smallest absolute Gasteiger partial charge is 0.0692 e. The van der Waals surface area contributed by atoms with Crippen molar-refractivity contribution in [2.45, 2.75) is 25.4 Å². The summed E-state index contributed by atoms with van der Waals surface area (Å²) in [5.41, 5.74) is 0. The lowest BCUT2D eigenvalue weighted by molar-refractivity contribution is 0.376. The normalized spacial score (nSPS) is 18.6. The first kappa shape index (κ1) is 9.61. The number of hydrogen-bond acceptors (Lipinski definition) is 4. The molecule has 5 heteroatoms. The van der Waals surface area contributed by atoms with Gasteiger partial charge in [0.05, 0.1) is 12.7 Å². The van der Waals surface area contributed by atoms with Crippen molar-refractivity contribution < 1.29 is 0 Å². The van der Waals surface area contributed by atoms with Crippen molar-refractivity contribution in [2.75, 3.05) is 19.6 Å². The van der Waals surface area contributed by atoms with Crippen LogP contribution in [0.3, 0.4) is 0 Å². The Kier molecular flexibility index (Phi) is 3.48. The maximum absolute atomic E-state index is 3.91. The second-order valence-corrected chi connectivity index (χ2v) is 3.64. The monoisotopic (exact) mass is 195 g/mol. The van der Waals surface area contributed by atoms with E-state index in [0.717, 1.165) is 26.2 Å². The van der Waals surface area contributed by atoms with Gasteiger partial charge in [0, 0.05) is 18.8 Å². The quantitative estimate of drug-likeness (QED) is 0.687. The van der Waals surface area contributed by atoms with Gasteiger partial charge >= 0.3 is 0 Å². The van der Waals surface area contributed by atoms with Crippen LogP contribution in [0.15, 0.2) is 12.4 Å². The van der Waals surface area contributed by atoms with Crippen LogP contribution in [-0.4, -0.2) is 40.7 Å². The third-order valence-corrected chi connectivity index (χ3v) is 2.59. The molecule has 0 atom stereocenters. The molecule has 1 aromatic rings. The minimum Gasteiger partial charge on any atom is -0.317 e. The molecule has 2 heterocycles. The lowest BCUT2D eigenvalue weighted by Crippen LogP contribution is -2.41. The number of aromatic nitrogens is 3. The number of nitrogens with one attached hydrogen (secondary N) is 2. The van der Waals surface area contributed by atoms with Crippen LogP contribution in [0.4, 0.5) is 0 Å². The number of piperidine rings is 1. The zero-order chi connectivity index (χ0) is 9.64. The first-order chi connectivity index (χ1) is 6.95. The lowest BCUT2D eigenvalue weighted by Gasteiger charge is -2.23. The summed E-state index contributed by atoms with van der Waals surface area (Å²) in [4.78, 5) is 0. The lowest BCUT2D eigenvalue weighted by atomic mass is 10.1. The summed E-state index contributed by atoms with van der Waals surface area (Å²) < 4.78 is 1.86. The molecule has 1 aliphatic rings. The van der Waals surface area contributed by atoms with E-state index in [0.29, 0.717) is 6.04 Å². The zero-order valence-electron chi connectivity index (χ0n) is 8.32. The maximum atomic E-state index is 3.91. The Bertz CT molecular complexity index is 240. The van der Waals surface area contributed by atoms with Crippen LogP contribution in [0.5, 0.6) is 0 Å². The first-order valence-electron chi connectivity index (χ1n) is 5.23. The van der Waals surface area contributed by atoms with Crippen molar-refractivity contribution in [1.82, 2.24) is 25.6 Å². The van der Waals surface area contributed by atoms with Crippen LogP contribution in [0, 0.1) is 0 Å². The van der Waals surface area contributed by atoms with E-state index in [-0.39, 0.29) is 0 Å². The summed E-state index contributed by atoms with van der Waals surface area (Å²) in [7, 11) is 0. The molecule has 5 nitrogen and oxygen atoms in total. The van der Waals surface area contributed by atoms with E-state index in [2.05, 4.69) is 20.9 Å². The second-order valence-electron chi connectivity index (χ2n) is 3.64. The summed E-state index contributed by atoms with van der Waals surface area (Å²) in [5.74, 6) is 0. The van der Waals surface area contributed by atoms with E-state index in [1.54, 1.807) is 6.20 Å². The molecule has 1 fully saturated rings. The molecule has 0 radical (unpaired) electrons. The molecular weight excluding hydrogens is 178 g/mol. The minimum atomic E-state index is 0.680. The second kappa shape index (κ2) is 5.07. The van der Waals surface area contributed by atoms with E-state index in [1.807, 2.05) is 10.9 Å². The van der Waals surface area contributed by atoms with Gasteiger partial charge in [0.15, 0.2) is 0 Å². The molecule has 2 N–H and O–H groups in total. The van der Waals surface area contributed by atoms with Gasteiger partial charge in [0.2, 0.25) is 0 Å². The fourth-order valence-corrected chi connectivity index (χ4v) is 1.76. The van der Waals surface area contributed by atoms with Crippen molar-refractivity contribution in [3.8, 4) is 0 Å². The van der Waals surface area contributed by atoms with E-state index < -0.39 is 0 Å². The molecule has 0 aliphatic carbocycles. The highest BCUT2D eigenvalue weighted by Gasteiger charge is 2.11. The van der Waals surface area contributed by atoms with Crippen LogP contribution in [-0.2, 0) is 6.54 Å². The van der Waals surface area contributed by atoms with Gasteiger partial charge in [-0.3, -0.25) is 4.68 Å². The minimum absolute atomic E-state index is 0.680. The predicted molar refractivity (Wildman–Crippen MR) is 53.9 cm³/mol.